The largest absolute Gasteiger partial charge is 0.397 e. The lowest BCUT2D eigenvalue weighted by Crippen LogP contribution is -2.34. The van der Waals surface area contributed by atoms with E-state index in [9.17, 15) is 4.79 Å². The Kier molecular flexibility index (Phi) is 10.2. The van der Waals surface area contributed by atoms with E-state index in [0.29, 0.717) is 17.1 Å². The molecule has 2 N–H and O–H groups in total. The summed E-state index contributed by atoms with van der Waals surface area (Å²) in [5, 5.41) is 0. The van der Waals surface area contributed by atoms with E-state index in [4.69, 9.17) is 5.73 Å². The average Bonchev–Trinajstić information content (AvgIpc) is 2.78. The van der Waals surface area contributed by atoms with E-state index in [1.165, 1.54) is 10.9 Å². The van der Waals surface area contributed by atoms with Crippen LogP contribution in [-0.4, -0.2) is 41.8 Å². The lowest BCUT2D eigenvalue weighted by molar-refractivity contribution is 0.401. The second kappa shape index (κ2) is 12.9. The van der Waals surface area contributed by atoms with Crippen LogP contribution in [0.1, 0.15) is 32.4 Å². The summed E-state index contributed by atoms with van der Waals surface area (Å²) in [6, 6.07) is 5.64. The summed E-state index contributed by atoms with van der Waals surface area (Å²) in [4.78, 5) is 22.0. The third-order valence-electron chi connectivity index (χ3n) is 5.01. The van der Waals surface area contributed by atoms with Gasteiger partial charge in [-0.15, -0.1) is 12.6 Å². The topological polar surface area (TPSA) is 67.4 Å². The summed E-state index contributed by atoms with van der Waals surface area (Å²) in [7, 11) is 4.05. The van der Waals surface area contributed by atoms with E-state index in [1.54, 1.807) is 12.1 Å². The second-order valence-corrected chi connectivity index (χ2v) is 8.37. The number of anilines is 2. The molecule has 0 radical (unpaired) electrons. The first-order valence-corrected chi connectivity index (χ1v) is 11.5. The number of allylic oxidation sites excluding steroid dienone is 6. The predicted octanol–water partition coefficient (Wildman–Crippen LogP) is 4.93. The molecule has 7 heteroatoms. The van der Waals surface area contributed by atoms with Gasteiger partial charge in [-0.3, -0.25) is 14.3 Å². The Labute approximate surface area is 202 Å². The Morgan fingerprint density at radius 3 is 2.61 bits per heavy atom. The van der Waals surface area contributed by atoms with Gasteiger partial charge in [-0.1, -0.05) is 50.8 Å². The SMILES string of the molecule is C=C\C(=C/C=C/C=C/c1ncn(-c2ccc(N(CCC)CN(C)C)c(N)c2)c(=O)c1S)CC. The highest BCUT2D eigenvalue weighted by Gasteiger charge is 2.13. The summed E-state index contributed by atoms with van der Waals surface area (Å²) in [6.07, 6.45) is 14.7. The number of hydrogen-bond acceptors (Lipinski definition) is 6. The van der Waals surface area contributed by atoms with Gasteiger partial charge < -0.3 is 10.6 Å². The minimum atomic E-state index is -0.248. The molecular formula is C26H35N5OS. The van der Waals surface area contributed by atoms with Crippen molar-refractivity contribution in [2.24, 2.45) is 0 Å². The third kappa shape index (κ3) is 7.23. The van der Waals surface area contributed by atoms with Crippen molar-refractivity contribution in [3.63, 3.8) is 0 Å². The quantitative estimate of drug-likeness (QED) is 0.213. The highest BCUT2D eigenvalue weighted by Crippen LogP contribution is 2.26. The first-order valence-electron chi connectivity index (χ1n) is 11.1. The van der Waals surface area contributed by atoms with Gasteiger partial charge in [-0.2, -0.15) is 0 Å². The molecule has 0 saturated heterocycles. The molecule has 0 atom stereocenters. The Morgan fingerprint density at radius 2 is 2.00 bits per heavy atom. The summed E-state index contributed by atoms with van der Waals surface area (Å²) < 4.78 is 1.46. The molecule has 0 fully saturated rings. The number of nitrogens with zero attached hydrogens (tertiary/aromatic N) is 4. The standard InChI is InChI=1S/C26H35N5OS/c1-6-16-30(19-29(4)5)24-15-14-21(17-22(24)27)31-18-28-23(25(33)26(31)32)13-11-9-10-12-20(7-2)8-3/h7,9-15,17-18,33H,2,6,8,16,19,27H2,1,3-5H3/b10-9+,13-11+,20-12+. The Balaban J connectivity index is 2.29. The number of nitrogen functional groups attached to an aromatic ring is 1. The fourth-order valence-corrected chi connectivity index (χ4v) is 3.58. The minimum absolute atomic E-state index is 0.248. The zero-order valence-electron chi connectivity index (χ0n) is 20.0. The zero-order valence-corrected chi connectivity index (χ0v) is 20.9. The fraction of sp³-hybridized carbons (Fsp3) is 0.308. The molecule has 0 aliphatic rings. The monoisotopic (exact) mass is 465 g/mol. The van der Waals surface area contributed by atoms with Crippen molar-refractivity contribution in [3.05, 3.63) is 83.1 Å². The molecule has 0 spiro atoms. The highest BCUT2D eigenvalue weighted by molar-refractivity contribution is 7.80. The van der Waals surface area contributed by atoms with Gasteiger partial charge >= 0.3 is 0 Å². The molecule has 0 saturated carbocycles. The van der Waals surface area contributed by atoms with E-state index in [0.717, 1.165) is 37.3 Å². The molecule has 6 nitrogen and oxygen atoms in total. The fourth-order valence-electron chi connectivity index (χ4n) is 3.34. The van der Waals surface area contributed by atoms with Gasteiger partial charge in [0, 0.05) is 6.54 Å². The van der Waals surface area contributed by atoms with E-state index >= 15 is 0 Å². The van der Waals surface area contributed by atoms with Crippen molar-refractivity contribution < 1.29 is 0 Å². The van der Waals surface area contributed by atoms with Crippen LogP contribution in [0.4, 0.5) is 11.4 Å². The van der Waals surface area contributed by atoms with E-state index in [-0.39, 0.29) is 10.5 Å². The van der Waals surface area contributed by atoms with Crippen molar-refractivity contribution in [1.29, 1.82) is 0 Å². The average molecular weight is 466 g/mol. The van der Waals surface area contributed by atoms with Crippen LogP contribution in [0, 0.1) is 0 Å². The maximum atomic E-state index is 12.9. The summed E-state index contributed by atoms with van der Waals surface area (Å²) in [5.41, 5.74) is 10.0. The van der Waals surface area contributed by atoms with Crippen molar-refractivity contribution in [3.8, 4) is 5.69 Å². The van der Waals surface area contributed by atoms with Gasteiger partial charge in [0.1, 0.15) is 6.33 Å². The van der Waals surface area contributed by atoms with Gasteiger partial charge in [-0.05, 0) is 56.8 Å². The molecular weight excluding hydrogens is 430 g/mol. The Hall–Kier alpha value is -3.03. The molecule has 1 aromatic heterocycles. The van der Waals surface area contributed by atoms with Crippen LogP contribution in [-0.2, 0) is 0 Å². The number of hydrogen-bond donors (Lipinski definition) is 2. The molecule has 2 aromatic rings. The molecule has 0 aliphatic heterocycles. The van der Waals surface area contributed by atoms with Gasteiger partial charge in [0.05, 0.1) is 34.3 Å². The molecule has 0 amide bonds. The van der Waals surface area contributed by atoms with Gasteiger partial charge in [0.2, 0.25) is 0 Å². The maximum absolute atomic E-state index is 12.9. The molecule has 176 valence electrons. The summed E-state index contributed by atoms with van der Waals surface area (Å²) in [6.45, 7) is 9.65. The lowest BCUT2D eigenvalue weighted by atomic mass is 10.2. The molecule has 0 unspecified atom stereocenters. The Morgan fingerprint density at radius 1 is 1.24 bits per heavy atom. The number of thiol groups is 1. The smallest absolute Gasteiger partial charge is 0.271 e. The number of aromatic nitrogens is 2. The first kappa shape index (κ1) is 26.2. The minimum Gasteiger partial charge on any atom is -0.397 e. The molecule has 1 heterocycles. The van der Waals surface area contributed by atoms with Crippen LogP contribution in [0.25, 0.3) is 11.8 Å². The van der Waals surface area contributed by atoms with Crippen LogP contribution >= 0.6 is 12.6 Å². The molecule has 0 aliphatic carbocycles. The van der Waals surface area contributed by atoms with E-state index in [1.807, 2.05) is 56.6 Å². The molecule has 0 bridgehead atoms. The maximum Gasteiger partial charge on any atom is 0.271 e. The van der Waals surface area contributed by atoms with Crippen LogP contribution in [0.5, 0.6) is 0 Å². The molecule has 2 rings (SSSR count). The highest BCUT2D eigenvalue weighted by atomic mass is 32.1. The van der Waals surface area contributed by atoms with Crippen molar-refractivity contribution in [2.45, 2.75) is 31.6 Å². The Bertz CT molecular complexity index is 1100. The van der Waals surface area contributed by atoms with Crippen LogP contribution in [0.3, 0.4) is 0 Å². The van der Waals surface area contributed by atoms with Crippen molar-refractivity contribution >= 4 is 30.1 Å². The van der Waals surface area contributed by atoms with E-state index in [2.05, 4.69) is 47.8 Å². The predicted molar refractivity (Wildman–Crippen MR) is 144 cm³/mol. The van der Waals surface area contributed by atoms with Crippen LogP contribution < -0.4 is 16.2 Å². The van der Waals surface area contributed by atoms with Crippen LogP contribution in [0.15, 0.2) is 76.7 Å². The van der Waals surface area contributed by atoms with Crippen molar-refractivity contribution in [2.75, 3.05) is 37.9 Å². The third-order valence-corrected chi connectivity index (χ3v) is 5.43. The summed E-state index contributed by atoms with van der Waals surface area (Å²) >= 11 is 4.42. The molecule has 33 heavy (non-hydrogen) atoms. The van der Waals surface area contributed by atoms with Crippen LogP contribution in [0.2, 0.25) is 0 Å². The van der Waals surface area contributed by atoms with Gasteiger partial charge in [0.15, 0.2) is 0 Å². The van der Waals surface area contributed by atoms with Gasteiger partial charge in [0.25, 0.3) is 5.56 Å². The lowest BCUT2D eigenvalue weighted by Gasteiger charge is -2.29. The molecule has 1 aromatic carbocycles. The second-order valence-electron chi connectivity index (χ2n) is 7.92. The number of benzene rings is 1. The first-order chi connectivity index (χ1) is 15.8. The van der Waals surface area contributed by atoms with Crippen molar-refractivity contribution in [1.82, 2.24) is 14.5 Å². The number of rotatable bonds is 11. The van der Waals surface area contributed by atoms with E-state index < -0.39 is 0 Å². The number of nitrogens with two attached hydrogens (primary N) is 1. The summed E-state index contributed by atoms with van der Waals surface area (Å²) in [5.74, 6) is 0. The normalized spacial score (nSPS) is 12.2. The zero-order chi connectivity index (χ0) is 24.4. The van der Waals surface area contributed by atoms with Gasteiger partial charge in [-0.25, -0.2) is 4.98 Å².